The highest BCUT2D eigenvalue weighted by atomic mass is 32.2. The molecule has 0 bridgehead atoms. The number of H-pyrrole nitrogens is 1. The summed E-state index contributed by atoms with van der Waals surface area (Å²) >= 11 is 1.39. The summed E-state index contributed by atoms with van der Waals surface area (Å²) in [6, 6.07) is 3.75. The van der Waals surface area contributed by atoms with E-state index in [9.17, 15) is 0 Å². The molecule has 3 heterocycles. The topological polar surface area (TPSA) is 93.6 Å². The predicted molar refractivity (Wildman–Crippen MR) is 76.7 cm³/mol. The van der Waals surface area contributed by atoms with Crippen LogP contribution in [0.5, 0.6) is 0 Å². The number of nitrogens with one attached hydrogen (secondary N) is 1. The van der Waals surface area contributed by atoms with Crippen LogP contribution in [0.3, 0.4) is 0 Å². The van der Waals surface area contributed by atoms with Gasteiger partial charge in [0.25, 0.3) is 11.1 Å². The molecule has 0 aliphatic rings. The lowest BCUT2D eigenvalue weighted by Crippen LogP contribution is -1.92. The molecule has 3 rings (SSSR count). The Labute approximate surface area is 125 Å². The summed E-state index contributed by atoms with van der Waals surface area (Å²) < 4.78 is 10.9. The van der Waals surface area contributed by atoms with Crippen molar-refractivity contribution >= 4 is 11.8 Å². The Morgan fingerprint density at radius 3 is 2.76 bits per heavy atom. The lowest BCUT2D eigenvalue weighted by atomic mass is 10.2. The molecular formula is C13H15N5O2S. The largest absolute Gasteiger partial charge is 0.410 e. The molecule has 0 aromatic carbocycles. The number of aromatic nitrogens is 5. The van der Waals surface area contributed by atoms with Gasteiger partial charge in [-0.2, -0.15) is 4.98 Å². The molecule has 0 fully saturated rings. The highest BCUT2D eigenvalue weighted by Crippen LogP contribution is 2.34. The number of hydrogen-bond donors (Lipinski definition) is 1. The molecule has 0 aliphatic carbocycles. The van der Waals surface area contributed by atoms with E-state index in [0.29, 0.717) is 22.8 Å². The van der Waals surface area contributed by atoms with Crippen molar-refractivity contribution in [1.82, 2.24) is 25.3 Å². The molecule has 0 saturated heterocycles. The van der Waals surface area contributed by atoms with Gasteiger partial charge in [0.05, 0.1) is 5.25 Å². The van der Waals surface area contributed by atoms with Gasteiger partial charge in [0.2, 0.25) is 5.89 Å². The van der Waals surface area contributed by atoms with E-state index < -0.39 is 0 Å². The van der Waals surface area contributed by atoms with Crippen molar-refractivity contribution in [1.29, 1.82) is 0 Å². The Kier molecular flexibility index (Phi) is 3.78. The van der Waals surface area contributed by atoms with E-state index >= 15 is 0 Å². The standard InChI is InChI=1S/C13H15N5O2S/c1-7(2)10-15-11(20-18-10)8(3)21-13-17-16-12(19-13)9-5-4-6-14-9/h4-8,14H,1-3H3. The van der Waals surface area contributed by atoms with Gasteiger partial charge in [0, 0.05) is 12.1 Å². The first-order chi connectivity index (χ1) is 10.1. The number of hydrogen-bond acceptors (Lipinski definition) is 7. The lowest BCUT2D eigenvalue weighted by molar-refractivity contribution is 0.372. The molecule has 7 nitrogen and oxygen atoms in total. The lowest BCUT2D eigenvalue weighted by Gasteiger charge is -2.01. The van der Waals surface area contributed by atoms with Crippen LogP contribution < -0.4 is 0 Å². The van der Waals surface area contributed by atoms with Crippen molar-refractivity contribution in [3.05, 3.63) is 30.0 Å². The van der Waals surface area contributed by atoms with E-state index in [2.05, 4.69) is 25.3 Å². The Balaban J connectivity index is 1.71. The summed E-state index contributed by atoms with van der Waals surface area (Å²) in [7, 11) is 0. The van der Waals surface area contributed by atoms with E-state index in [-0.39, 0.29) is 11.2 Å². The highest BCUT2D eigenvalue weighted by Gasteiger charge is 2.20. The quantitative estimate of drug-likeness (QED) is 0.722. The molecule has 0 amide bonds. The molecular weight excluding hydrogens is 290 g/mol. The fourth-order valence-electron chi connectivity index (χ4n) is 1.68. The smallest absolute Gasteiger partial charge is 0.277 e. The summed E-state index contributed by atoms with van der Waals surface area (Å²) in [5.41, 5.74) is 0.793. The second kappa shape index (κ2) is 5.72. The van der Waals surface area contributed by atoms with Crippen molar-refractivity contribution in [2.45, 2.75) is 37.2 Å². The van der Waals surface area contributed by atoms with Gasteiger partial charge in [0.15, 0.2) is 5.82 Å². The fourth-order valence-corrected chi connectivity index (χ4v) is 2.39. The zero-order chi connectivity index (χ0) is 14.8. The van der Waals surface area contributed by atoms with E-state index in [0.717, 1.165) is 5.69 Å². The van der Waals surface area contributed by atoms with Crippen LogP contribution in [0.1, 0.15) is 43.7 Å². The van der Waals surface area contributed by atoms with E-state index in [1.807, 2.05) is 32.9 Å². The maximum Gasteiger partial charge on any atom is 0.277 e. The molecule has 1 unspecified atom stereocenters. The number of thioether (sulfide) groups is 1. The summed E-state index contributed by atoms with van der Waals surface area (Å²) in [5, 5.41) is 12.4. The average Bonchev–Trinajstić information content (AvgIpc) is 3.19. The SMILES string of the molecule is CC(C)c1noc(C(C)Sc2nnc(-c3ccc[nH]3)o2)n1. The number of aromatic amines is 1. The molecule has 1 atom stereocenters. The first kappa shape index (κ1) is 13.9. The van der Waals surface area contributed by atoms with Crippen molar-refractivity contribution < 1.29 is 8.94 Å². The van der Waals surface area contributed by atoms with Crippen LogP contribution in [-0.2, 0) is 0 Å². The third kappa shape index (κ3) is 2.99. The molecule has 3 aromatic heterocycles. The minimum Gasteiger partial charge on any atom is -0.410 e. The summed E-state index contributed by atoms with van der Waals surface area (Å²) in [5.74, 6) is 1.96. The number of nitrogens with zero attached hydrogens (tertiary/aromatic N) is 4. The molecule has 1 N–H and O–H groups in total. The fraction of sp³-hybridized carbons (Fsp3) is 0.385. The highest BCUT2D eigenvalue weighted by molar-refractivity contribution is 7.99. The Morgan fingerprint density at radius 2 is 2.10 bits per heavy atom. The van der Waals surface area contributed by atoms with Gasteiger partial charge in [-0.05, 0) is 19.1 Å². The maximum atomic E-state index is 5.59. The van der Waals surface area contributed by atoms with E-state index in [1.54, 1.807) is 6.20 Å². The molecule has 8 heteroatoms. The minimum atomic E-state index is -0.0538. The summed E-state index contributed by atoms with van der Waals surface area (Å²) in [6.07, 6.45) is 1.81. The summed E-state index contributed by atoms with van der Waals surface area (Å²) in [4.78, 5) is 7.39. The van der Waals surface area contributed by atoms with Gasteiger partial charge < -0.3 is 13.9 Å². The first-order valence-electron chi connectivity index (χ1n) is 6.61. The van der Waals surface area contributed by atoms with Crippen LogP contribution in [-0.4, -0.2) is 25.3 Å². The molecule has 21 heavy (non-hydrogen) atoms. The second-order valence-corrected chi connectivity index (χ2v) is 6.15. The van der Waals surface area contributed by atoms with Gasteiger partial charge in [-0.3, -0.25) is 0 Å². The van der Waals surface area contributed by atoms with Crippen LogP contribution in [0, 0.1) is 0 Å². The van der Waals surface area contributed by atoms with Crippen molar-refractivity contribution in [2.75, 3.05) is 0 Å². The number of rotatable bonds is 5. The van der Waals surface area contributed by atoms with Crippen LogP contribution in [0.2, 0.25) is 0 Å². The third-order valence-corrected chi connectivity index (χ3v) is 3.76. The second-order valence-electron chi connectivity index (χ2n) is 4.86. The van der Waals surface area contributed by atoms with Gasteiger partial charge in [0.1, 0.15) is 5.69 Å². The molecule has 3 aromatic rings. The average molecular weight is 305 g/mol. The van der Waals surface area contributed by atoms with E-state index in [4.69, 9.17) is 8.94 Å². The zero-order valence-corrected chi connectivity index (χ0v) is 12.7. The van der Waals surface area contributed by atoms with Crippen molar-refractivity contribution in [3.63, 3.8) is 0 Å². The molecule has 0 saturated carbocycles. The van der Waals surface area contributed by atoms with E-state index in [1.165, 1.54) is 11.8 Å². The Bertz CT molecular complexity index is 704. The van der Waals surface area contributed by atoms with Crippen LogP contribution in [0.4, 0.5) is 0 Å². The van der Waals surface area contributed by atoms with Gasteiger partial charge in [-0.15, -0.1) is 10.2 Å². The Morgan fingerprint density at radius 1 is 1.24 bits per heavy atom. The van der Waals surface area contributed by atoms with Gasteiger partial charge >= 0.3 is 0 Å². The van der Waals surface area contributed by atoms with Crippen molar-refractivity contribution in [2.24, 2.45) is 0 Å². The zero-order valence-electron chi connectivity index (χ0n) is 11.9. The molecule has 110 valence electrons. The predicted octanol–water partition coefficient (Wildman–Crippen LogP) is 3.42. The van der Waals surface area contributed by atoms with Crippen LogP contribution in [0.25, 0.3) is 11.6 Å². The summed E-state index contributed by atoms with van der Waals surface area (Å²) in [6.45, 7) is 6.00. The molecule has 0 spiro atoms. The molecule has 0 aliphatic heterocycles. The Hall–Kier alpha value is -2.09. The normalized spacial score (nSPS) is 13.0. The van der Waals surface area contributed by atoms with Crippen molar-refractivity contribution in [3.8, 4) is 11.6 Å². The first-order valence-corrected chi connectivity index (χ1v) is 7.49. The van der Waals surface area contributed by atoms with Crippen LogP contribution >= 0.6 is 11.8 Å². The minimum absolute atomic E-state index is 0.0538. The monoisotopic (exact) mass is 305 g/mol. The van der Waals surface area contributed by atoms with Crippen LogP contribution in [0.15, 0.2) is 32.5 Å². The maximum absolute atomic E-state index is 5.59. The van der Waals surface area contributed by atoms with Gasteiger partial charge in [-0.1, -0.05) is 30.8 Å². The molecule has 0 radical (unpaired) electrons. The third-order valence-electron chi connectivity index (χ3n) is 2.83. The van der Waals surface area contributed by atoms with Gasteiger partial charge in [-0.25, -0.2) is 0 Å².